The van der Waals surface area contributed by atoms with E-state index in [0.29, 0.717) is 23.7 Å². The highest BCUT2D eigenvalue weighted by Crippen LogP contribution is 2.13. The summed E-state index contributed by atoms with van der Waals surface area (Å²) in [4.78, 5) is 78.6. The van der Waals surface area contributed by atoms with Gasteiger partial charge in [0.2, 0.25) is 23.6 Å². The van der Waals surface area contributed by atoms with Crippen LogP contribution in [0, 0.1) is 0 Å². The van der Waals surface area contributed by atoms with Crippen LogP contribution in [0.15, 0.2) is 98.1 Å². The number of carbonyl (C=O) groups is 4. The molecular formula is C69H120N14O5. The van der Waals surface area contributed by atoms with E-state index in [1.807, 2.05) is 77.2 Å². The first-order valence-corrected chi connectivity index (χ1v) is 32.2. The van der Waals surface area contributed by atoms with Crippen LogP contribution in [0.4, 0.5) is 0 Å². The van der Waals surface area contributed by atoms with Gasteiger partial charge >= 0.3 is 0 Å². The maximum atomic E-state index is 11.0. The summed E-state index contributed by atoms with van der Waals surface area (Å²) in [5.74, 6) is 2.98. The van der Waals surface area contributed by atoms with Crippen molar-refractivity contribution in [2.24, 2.45) is 0 Å². The average molecular weight is 1230 g/mol. The molecule has 4 saturated heterocycles. The Morgan fingerprint density at radius 3 is 0.920 bits per heavy atom. The van der Waals surface area contributed by atoms with Crippen LogP contribution in [0.3, 0.4) is 0 Å². The Morgan fingerprint density at radius 2 is 0.682 bits per heavy atom. The lowest BCUT2D eigenvalue weighted by molar-refractivity contribution is -0.128. The number of piperazine rings is 2. The van der Waals surface area contributed by atoms with E-state index in [1.54, 1.807) is 72.1 Å². The zero-order valence-corrected chi connectivity index (χ0v) is 57.9. The normalized spacial score (nSPS) is 15.2. The fourth-order valence-corrected chi connectivity index (χ4v) is 8.50. The number of hydrogen-bond acceptors (Lipinski definition) is 15. The van der Waals surface area contributed by atoms with Crippen molar-refractivity contribution in [2.45, 2.75) is 120 Å². The standard InChI is InChI=1S/C10H21N3O.C9H19N3O.C9H18N2O2.C9H18N2O.4C8H11N/c1-10(14)12(3)6-9-13-7-4-11(2)5-8-13;1-9(13)11(2)7-8-12-5-3-10-4-6-12;1-9(12)10(2)3-4-11-5-7-13-8-6-11;1-9(12)10(2)7-8-11-5-3-4-6-11;4*1-7(2)8-4-3-5-9-6-8/h4-9H2,1-3H3;10H,3-8H2,1-2H3;3-8H2,1-2H3;3-8H2,1-2H3;4*3-7H,1-2H3. The summed E-state index contributed by atoms with van der Waals surface area (Å²) in [6, 6.07) is 16.2. The van der Waals surface area contributed by atoms with Gasteiger partial charge in [-0.1, -0.05) is 79.7 Å². The molecule has 88 heavy (non-hydrogen) atoms. The lowest BCUT2D eigenvalue weighted by Gasteiger charge is -2.33. The molecule has 0 radical (unpaired) electrons. The number of morpholine rings is 1. The van der Waals surface area contributed by atoms with Crippen molar-refractivity contribution < 1.29 is 23.9 Å². The van der Waals surface area contributed by atoms with Gasteiger partial charge < -0.3 is 39.5 Å². The summed E-state index contributed by atoms with van der Waals surface area (Å²) in [6.07, 6.45) is 17.5. The lowest BCUT2D eigenvalue weighted by Crippen LogP contribution is -2.47. The van der Waals surface area contributed by atoms with Gasteiger partial charge in [0.05, 0.1) is 13.2 Å². The number of hydrogen-bond donors (Lipinski definition) is 1. The Balaban J connectivity index is 0.000000506. The number of pyridine rings is 4. The Labute approximate surface area is 534 Å². The number of aromatic nitrogens is 4. The van der Waals surface area contributed by atoms with Crippen molar-refractivity contribution in [2.75, 3.05) is 179 Å². The van der Waals surface area contributed by atoms with Crippen LogP contribution < -0.4 is 5.32 Å². The molecule has 4 aliphatic rings. The van der Waals surface area contributed by atoms with Gasteiger partial charge in [-0.15, -0.1) is 0 Å². The second-order valence-electron chi connectivity index (χ2n) is 24.3. The van der Waals surface area contributed by atoms with Gasteiger partial charge in [-0.3, -0.25) is 53.8 Å². The number of amides is 4. The molecule has 0 saturated carbocycles. The van der Waals surface area contributed by atoms with E-state index < -0.39 is 0 Å². The molecule has 19 heteroatoms. The number of nitrogens with zero attached hydrogens (tertiary/aromatic N) is 13. The number of likely N-dealkylation sites (tertiary alicyclic amines) is 1. The van der Waals surface area contributed by atoms with E-state index in [9.17, 15) is 19.2 Å². The Hall–Kier alpha value is -5.80. The number of nitrogens with one attached hydrogen (secondary N) is 1. The molecule has 496 valence electrons. The monoisotopic (exact) mass is 1220 g/mol. The molecule has 4 aliphatic heterocycles. The second-order valence-corrected chi connectivity index (χ2v) is 24.3. The third-order valence-electron chi connectivity index (χ3n) is 15.7. The number of rotatable bonds is 16. The molecule has 8 heterocycles. The molecule has 0 bridgehead atoms. The van der Waals surface area contributed by atoms with E-state index in [2.05, 4.69) is 136 Å². The quantitative estimate of drug-likeness (QED) is 0.114. The highest BCUT2D eigenvalue weighted by Gasteiger charge is 2.16. The molecule has 0 atom stereocenters. The number of likely N-dealkylation sites (N-methyl/N-ethyl adjacent to an activating group) is 5. The highest BCUT2D eigenvalue weighted by atomic mass is 16.5. The van der Waals surface area contributed by atoms with Crippen LogP contribution >= 0.6 is 0 Å². The number of ether oxygens (including phenoxy) is 1. The van der Waals surface area contributed by atoms with E-state index in [0.717, 1.165) is 131 Å². The first-order valence-electron chi connectivity index (χ1n) is 32.2. The van der Waals surface area contributed by atoms with E-state index in [1.165, 1.54) is 48.2 Å². The van der Waals surface area contributed by atoms with Gasteiger partial charge in [-0.2, -0.15) is 0 Å². The third-order valence-corrected chi connectivity index (χ3v) is 15.7. The van der Waals surface area contributed by atoms with Crippen molar-refractivity contribution in [1.29, 1.82) is 0 Å². The molecule has 4 amide bonds. The van der Waals surface area contributed by atoms with Gasteiger partial charge in [0, 0.05) is 223 Å². The molecular weight excluding hydrogens is 1100 g/mol. The minimum atomic E-state index is 0.133. The van der Waals surface area contributed by atoms with Crippen molar-refractivity contribution in [3.8, 4) is 0 Å². The lowest BCUT2D eigenvalue weighted by atomic mass is 10.1. The first-order chi connectivity index (χ1) is 41.9. The van der Waals surface area contributed by atoms with Crippen LogP contribution in [0.25, 0.3) is 0 Å². The maximum absolute atomic E-state index is 11.0. The maximum Gasteiger partial charge on any atom is 0.219 e. The fraction of sp³-hybridized carbons (Fsp3) is 0.652. The zero-order chi connectivity index (χ0) is 65.7. The summed E-state index contributed by atoms with van der Waals surface area (Å²) in [7, 11) is 9.56. The van der Waals surface area contributed by atoms with Crippen molar-refractivity contribution in [3.05, 3.63) is 120 Å². The van der Waals surface area contributed by atoms with Crippen LogP contribution in [-0.4, -0.2) is 267 Å². The van der Waals surface area contributed by atoms with Gasteiger partial charge in [-0.25, -0.2) is 0 Å². The summed E-state index contributed by atoms with van der Waals surface area (Å²) >= 11 is 0. The molecule has 1 N–H and O–H groups in total. The average Bonchev–Trinajstić information content (AvgIpc) is 4.08. The van der Waals surface area contributed by atoms with Gasteiger partial charge in [0.15, 0.2) is 0 Å². The van der Waals surface area contributed by atoms with Crippen molar-refractivity contribution in [3.63, 3.8) is 0 Å². The van der Waals surface area contributed by atoms with Crippen LogP contribution in [0.2, 0.25) is 0 Å². The van der Waals surface area contributed by atoms with Crippen LogP contribution in [0.5, 0.6) is 0 Å². The van der Waals surface area contributed by atoms with Crippen molar-refractivity contribution in [1.82, 2.24) is 69.4 Å². The molecule has 0 spiro atoms. The molecule has 8 rings (SSSR count). The summed E-state index contributed by atoms with van der Waals surface area (Å²) in [5, 5.41) is 3.30. The molecule has 4 fully saturated rings. The van der Waals surface area contributed by atoms with E-state index in [-0.39, 0.29) is 23.6 Å². The van der Waals surface area contributed by atoms with Gasteiger partial charge in [0.1, 0.15) is 0 Å². The zero-order valence-electron chi connectivity index (χ0n) is 57.9. The van der Waals surface area contributed by atoms with Crippen molar-refractivity contribution >= 4 is 23.6 Å². The smallest absolute Gasteiger partial charge is 0.219 e. The topological polar surface area (TPSA) is 170 Å². The Kier molecular flexibility index (Phi) is 44.7. The first kappa shape index (κ1) is 80.2. The summed E-state index contributed by atoms with van der Waals surface area (Å²) < 4.78 is 5.23. The molecule has 4 aromatic rings. The fourth-order valence-electron chi connectivity index (χ4n) is 8.50. The highest BCUT2D eigenvalue weighted by molar-refractivity contribution is 5.73. The van der Waals surface area contributed by atoms with Crippen LogP contribution in [-0.2, 0) is 23.9 Å². The third kappa shape index (κ3) is 40.7. The van der Waals surface area contributed by atoms with Gasteiger partial charge in [-0.05, 0) is 103 Å². The molecule has 0 aromatic carbocycles. The summed E-state index contributed by atoms with van der Waals surface area (Å²) in [6.45, 7) is 46.1. The van der Waals surface area contributed by atoms with E-state index >= 15 is 0 Å². The Morgan fingerprint density at radius 1 is 0.420 bits per heavy atom. The molecule has 19 nitrogen and oxygen atoms in total. The minimum absolute atomic E-state index is 0.133. The molecule has 4 aromatic heterocycles. The second kappa shape index (κ2) is 49.0. The minimum Gasteiger partial charge on any atom is -0.379 e. The van der Waals surface area contributed by atoms with E-state index in [4.69, 9.17) is 4.74 Å². The largest absolute Gasteiger partial charge is 0.379 e. The Bertz CT molecular complexity index is 2120. The van der Waals surface area contributed by atoms with Gasteiger partial charge in [0.25, 0.3) is 0 Å². The predicted octanol–water partition coefficient (Wildman–Crippen LogP) is 8.26. The summed E-state index contributed by atoms with van der Waals surface area (Å²) in [5.41, 5.74) is 5.21. The predicted molar refractivity (Wildman–Crippen MR) is 363 cm³/mol. The molecule has 0 aliphatic carbocycles. The SMILES string of the molecule is CC(=O)N(C)CCN1CCCC1.CC(=O)N(C)CCN1CCN(C)CC1.CC(=O)N(C)CCN1CCNCC1.CC(=O)N(C)CCN1CCOCC1.CC(C)c1cccnc1.CC(C)c1cccnc1.CC(C)c1cccnc1.CC(C)c1cccnc1. The van der Waals surface area contributed by atoms with Crippen LogP contribution in [0.1, 0.15) is 142 Å². The number of carbonyl (C=O) groups excluding carboxylic acids is 4. The molecule has 0 unspecified atom stereocenters.